The molecule has 2 aromatic rings. The summed E-state index contributed by atoms with van der Waals surface area (Å²) in [4.78, 5) is 33.9. The molecule has 7 nitrogen and oxygen atoms in total. The Morgan fingerprint density at radius 2 is 1.87 bits per heavy atom. The van der Waals surface area contributed by atoms with Crippen LogP contribution in [0.15, 0.2) is 58.8 Å². The van der Waals surface area contributed by atoms with E-state index in [4.69, 9.17) is 4.74 Å². The molecule has 0 bridgehead atoms. The lowest BCUT2D eigenvalue weighted by molar-refractivity contribution is -0.140. The highest BCUT2D eigenvalue weighted by Gasteiger charge is 2.45. The standard InChI is InChI=1S/C23H24BrN3O4/c24-18-6-4-16(5-7-18)21(28)19-20(17-3-1-8-25-15-17)27(23(30)22(19)29)10-2-9-26-11-13-31-14-12-26/h1,3-8,15,20,28H,2,9-14H2/t20-/m1/s1. The van der Waals surface area contributed by atoms with Crippen molar-refractivity contribution in [1.82, 2.24) is 14.8 Å². The molecule has 2 saturated heterocycles. The van der Waals surface area contributed by atoms with E-state index < -0.39 is 17.7 Å². The topological polar surface area (TPSA) is 83.0 Å². The number of carbonyl (C=O) groups is 2. The molecule has 8 heteroatoms. The van der Waals surface area contributed by atoms with Gasteiger partial charge in [0, 0.05) is 48.6 Å². The Morgan fingerprint density at radius 3 is 2.55 bits per heavy atom. The third-order valence-corrected chi connectivity index (χ3v) is 6.16. The summed E-state index contributed by atoms with van der Waals surface area (Å²) in [6, 6.07) is 9.92. The van der Waals surface area contributed by atoms with Gasteiger partial charge in [-0.05, 0) is 30.2 Å². The molecule has 2 fully saturated rings. The summed E-state index contributed by atoms with van der Waals surface area (Å²) in [5.41, 5.74) is 1.29. The minimum Gasteiger partial charge on any atom is -0.507 e. The number of likely N-dealkylation sites (tertiary alicyclic amines) is 1. The van der Waals surface area contributed by atoms with E-state index in [2.05, 4.69) is 25.8 Å². The number of aromatic nitrogens is 1. The first-order valence-corrected chi connectivity index (χ1v) is 11.1. The van der Waals surface area contributed by atoms with Gasteiger partial charge in [-0.25, -0.2) is 0 Å². The third-order valence-electron chi connectivity index (χ3n) is 5.63. The Labute approximate surface area is 189 Å². The molecule has 162 valence electrons. The maximum absolute atomic E-state index is 13.0. The number of carbonyl (C=O) groups excluding carboxylic acids is 2. The van der Waals surface area contributed by atoms with Gasteiger partial charge >= 0.3 is 0 Å². The second-order valence-electron chi connectivity index (χ2n) is 7.59. The maximum atomic E-state index is 13.0. The van der Waals surface area contributed by atoms with Gasteiger partial charge in [0.15, 0.2) is 0 Å². The van der Waals surface area contributed by atoms with Crippen molar-refractivity contribution in [1.29, 1.82) is 0 Å². The van der Waals surface area contributed by atoms with Crippen molar-refractivity contribution in [3.63, 3.8) is 0 Å². The predicted octanol–water partition coefficient (Wildman–Crippen LogP) is 2.99. The van der Waals surface area contributed by atoms with Crippen LogP contribution in [0, 0.1) is 0 Å². The summed E-state index contributed by atoms with van der Waals surface area (Å²) in [5.74, 6) is -1.43. The molecule has 0 radical (unpaired) electrons. The number of amides is 1. The van der Waals surface area contributed by atoms with Crippen molar-refractivity contribution < 1.29 is 19.4 Å². The summed E-state index contributed by atoms with van der Waals surface area (Å²) >= 11 is 3.37. The van der Waals surface area contributed by atoms with Gasteiger partial charge in [0.25, 0.3) is 11.7 Å². The van der Waals surface area contributed by atoms with Crippen molar-refractivity contribution >= 4 is 33.4 Å². The molecule has 0 aliphatic carbocycles. The highest BCUT2D eigenvalue weighted by atomic mass is 79.9. The SMILES string of the molecule is O=C1C(=O)N(CCCN2CCOCC2)[C@H](c2cccnc2)C1=C(O)c1ccc(Br)cc1. The maximum Gasteiger partial charge on any atom is 0.295 e. The number of nitrogens with zero attached hydrogens (tertiary/aromatic N) is 3. The predicted molar refractivity (Wildman–Crippen MR) is 119 cm³/mol. The highest BCUT2D eigenvalue weighted by molar-refractivity contribution is 9.10. The molecule has 1 aromatic heterocycles. The number of aliphatic hydroxyl groups is 1. The molecule has 4 rings (SSSR count). The van der Waals surface area contributed by atoms with Crippen LogP contribution in [0.5, 0.6) is 0 Å². The number of ether oxygens (including phenoxy) is 1. The first-order chi connectivity index (χ1) is 15.1. The average Bonchev–Trinajstić information content (AvgIpc) is 3.05. The monoisotopic (exact) mass is 485 g/mol. The number of aliphatic hydroxyl groups excluding tert-OH is 1. The lowest BCUT2D eigenvalue weighted by Crippen LogP contribution is -2.39. The fraction of sp³-hybridized carbons (Fsp3) is 0.348. The molecule has 0 unspecified atom stereocenters. The molecular weight excluding hydrogens is 462 g/mol. The van der Waals surface area contributed by atoms with Gasteiger partial charge in [-0.3, -0.25) is 19.5 Å². The Balaban J connectivity index is 1.64. The van der Waals surface area contributed by atoms with Crippen LogP contribution in [-0.2, 0) is 14.3 Å². The first-order valence-electron chi connectivity index (χ1n) is 10.3. The van der Waals surface area contributed by atoms with Crippen LogP contribution in [0.1, 0.15) is 23.6 Å². The lowest BCUT2D eigenvalue weighted by Gasteiger charge is -2.29. The van der Waals surface area contributed by atoms with Crippen molar-refractivity contribution in [3.8, 4) is 0 Å². The van der Waals surface area contributed by atoms with Crippen LogP contribution in [0.2, 0.25) is 0 Å². The van der Waals surface area contributed by atoms with Crippen LogP contribution in [0.4, 0.5) is 0 Å². The van der Waals surface area contributed by atoms with Gasteiger partial charge in [-0.15, -0.1) is 0 Å². The smallest absolute Gasteiger partial charge is 0.295 e. The molecular formula is C23H24BrN3O4. The summed E-state index contributed by atoms with van der Waals surface area (Å²) in [6.45, 7) is 4.40. The van der Waals surface area contributed by atoms with Crippen LogP contribution in [0.25, 0.3) is 5.76 Å². The molecule has 1 atom stereocenters. The average molecular weight is 486 g/mol. The number of morpholine rings is 1. The molecule has 1 N–H and O–H groups in total. The van der Waals surface area contributed by atoms with Crippen LogP contribution >= 0.6 is 15.9 Å². The van der Waals surface area contributed by atoms with Gasteiger partial charge in [0.1, 0.15) is 5.76 Å². The van der Waals surface area contributed by atoms with E-state index in [9.17, 15) is 14.7 Å². The van der Waals surface area contributed by atoms with E-state index in [1.54, 1.807) is 47.6 Å². The fourth-order valence-electron chi connectivity index (χ4n) is 4.05. The number of rotatable bonds is 6. The Hall–Kier alpha value is -2.55. The van der Waals surface area contributed by atoms with E-state index in [-0.39, 0.29) is 11.3 Å². The summed E-state index contributed by atoms with van der Waals surface area (Å²) in [6.07, 6.45) is 4.01. The van der Waals surface area contributed by atoms with Gasteiger partial charge in [0.2, 0.25) is 0 Å². The third kappa shape index (κ3) is 4.71. The molecule has 2 aliphatic rings. The number of Topliss-reactive ketones (excluding diaryl/α,β-unsaturated/α-hetero) is 1. The van der Waals surface area contributed by atoms with Crippen molar-refractivity contribution in [2.24, 2.45) is 0 Å². The van der Waals surface area contributed by atoms with E-state index in [0.29, 0.717) is 30.9 Å². The number of hydrogen-bond donors (Lipinski definition) is 1. The molecule has 0 saturated carbocycles. The first kappa shape index (κ1) is 21.7. The normalized spacial score (nSPS) is 21.6. The Kier molecular flexibility index (Phi) is 6.80. The molecule has 1 aromatic carbocycles. The lowest BCUT2D eigenvalue weighted by atomic mass is 9.96. The number of pyridine rings is 1. The highest BCUT2D eigenvalue weighted by Crippen LogP contribution is 2.39. The zero-order valence-electron chi connectivity index (χ0n) is 17.0. The number of ketones is 1. The van der Waals surface area contributed by atoms with Crippen LogP contribution in [-0.4, -0.2) is 71.0 Å². The summed E-state index contributed by atoms with van der Waals surface area (Å²) in [5, 5.41) is 11.0. The molecule has 3 heterocycles. The number of halogens is 1. The van der Waals surface area contributed by atoms with E-state index in [1.807, 2.05) is 6.07 Å². The van der Waals surface area contributed by atoms with Gasteiger partial charge in [-0.2, -0.15) is 0 Å². The number of benzene rings is 1. The minimum absolute atomic E-state index is 0.103. The van der Waals surface area contributed by atoms with E-state index in [1.165, 1.54) is 0 Å². The van der Waals surface area contributed by atoms with Crippen LogP contribution in [0.3, 0.4) is 0 Å². The van der Waals surface area contributed by atoms with Gasteiger partial charge in [0.05, 0.1) is 24.8 Å². The van der Waals surface area contributed by atoms with E-state index >= 15 is 0 Å². The Morgan fingerprint density at radius 1 is 1.13 bits per heavy atom. The van der Waals surface area contributed by atoms with Gasteiger partial charge < -0.3 is 14.7 Å². The molecule has 0 spiro atoms. The quantitative estimate of drug-likeness (QED) is 0.384. The summed E-state index contributed by atoms with van der Waals surface area (Å²) < 4.78 is 6.24. The zero-order chi connectivity index (χ0) is 21.8. The minimum atomic E-state index is -0.666. The second-order valence-corrected chi connectivity index (χ2v) is 8.51. The van der Waals surface area contributed by atoms with Crippen molar-refractivity contribution in [3.05, 3.63) is 70.0 Å². The van der Waals surface area contributed by atoms with Crippen LogP contribution < -0.4 is 0 Å². The largest absolute Gasteiger partial charge is 0.507 e. The summed E-state index contributed by atoms with van der Waals surface area (Å²) in [7, 11) is 0. The van der Waals surface area contributed by atoms with Crippen molar-refractivity contribution in [2.45, 2.75) is 12.5 Å². The van der Waals surface area contributed by atoms with Gasteiger partial charge in [-0.1, -0.05) is 34.1 Å². The zero-order valence-corrected chi connectivity index (χ0v) is 18.6. The fourth-order valence-corrected chi connectivity index (χ4v) is 4.31. The molecule has 31 heavy (non-hydrogen) atoms. The molecule has 2 aliphatic heterocycles. The molecule has 1 amide bonds. The second kappa shape index (κ2) is 9.72. The van der Waals surface area contributed by atoms with E-state index in [0.717, 1.165) is 30.5 Å². The Bertz CT molecular complexity index is 972. The number of hydrogen-bond acceptors (Lipinski definition) is 6. The van der Waals surface area contributed by atoms with Crippen molar-refractivity contribution in [2.75, 3.05) is 39.4 Å².